The molecule has 0 unspecified atom stereocenters. The Morgan fingerprint density at radius 3 is 2.23 bits per heavy atom. The van der Waals surface area contributed by atoms with Gasteiger partial charge in [-0.25, -0.2) is 4.98 Å². The number of halogens is 1. The fourth-order valence-electron chi connectivity index (χ4n) is 2.60. The van der Waals surface area contributed by atoms with Crippen LogP contribution in [0.2, 0.25) is 0 Å². The summed E-state index contributed by atoms with van der Waals surface area (Å²) < 4.78 is 5.63. The first-order valence-electron chi connectivity index (χ1n) is 7.97. The van der Waals surface area contributed by atoms with Crippen LogP contribution in [0.25, 0.3) is 22.2 Å². The zero-order chi connectivity index (χ0) is 17.1. The van der Waals surface area contributed by atoms with Gasteiger partial charge in [-0.05, 0) is 23.3 Å². The molecule has 1 aromatic heterocycles. The first kappa shape index (κ1) is 18.4. The van der Waals surface area contributed by atoms with Crippen LogP contribution < -0.4 is 0 Å². The Morgan fingerprint density at radius 2 is 1.50 bits per heavy atom. The van der Waals surface area contributed by atoms with Crippen LogP contribution in [0.15, 0.2) is 88.5 Å². The summed E-state index contributed by atoms with van der Waals surface area (Å²) in [6.07, 6.45) is 0. The van der Waals surface area contributed by atoms with E-state index in [0.29, 0.717) is 16.5 Å². The monoisotopic (exact) mass is 425 g/mol. The molecular formula is C21H16BrNO2S. The standard InChI is InChI=1S/C21H15NO2S.BrH/c23-19(14-25-21-22-18-8-4-5-9-20(18)24-21)17-12-10-16(11-13-17)15-6-2-1-3-7-15;/h1-13H,14H2;1H. The third-order valence-electron chi connectivity index (χ3n) is 3.91. The molecule has 3 nitrogen and oxygen atoms in total. The number of para-hydroxylation sites is 2. The lowest BCUT2D eigenvalue weighted by Crippen LogP contribution is -2.02. The van der Waals surface area contributed by atoms with E-state index >= 15 is 0 Å². The SMILES string of the molecule is Br.O=C(CSc1nc2ccccc2o1)c1ccc(-c2ccccc2)cc1. The van der Waals surface area contributed by atoms with Gasteiger partial charge in [0.15, 0.2) is 11.4 Å². The van der Waals surface area contributed by atoms with Crippen molar-refractivity contribution >= 4 is 45.6 Å². The van der Waals surface area contributed by atoms with E-state index in [1.165, 1.54) is 11.8 Å². The molecule has 0 atom stereocenters. The summed E-state index contributed by atoms with van der Waals surface area (Å²) in [6, 6.07) is 25.4. The Morgan fingerprint density at radius 1 is 0.846 bits per heavy atom. The van der Waals surface area contributed by atoms with Crippen LogP contribution in [-0.4, -0.2) is 16.5 Å². The van der Waals surface area contributed by atoms with Gasteiger partial charge in [-0.1, -0.05) is 78.5 Å². The molecule has 26 heavy (non-hydrogen) atoms. The smallest absolute Gasteiger partial charge is 0.257 e. The van der Waals surface area contributed by atoms with Gasteiger partial charge < -0.3 is 4.42 Å². The van der Waals surface area contributed by atoms with Gasteiger partial charge in [0.1, 0.15) is 5.52 Å². The molecule has 0 saturated heterocycles. The van der Waals surface area contributed by atoms with E-state index in [4.69, 9.17) is 4.42 Å². The van der Waals surface area contributed by atoms with E-state index in [9.17, 15) is 4.79 Å². The molecule has 0 amide bonds. The Balaban J connectivity index is 0.00000196. The van der Waals surface area contributed by atoms with Gasteiger partial charge in [0.05, 0.1) is 5.75 Å². The van der Waals surface area contributed by atoms with Crippen LogP contribution in [0.1, 0.15) is 10.4 Å². The molecular weight excluding hydrogens is 410 g/mol. The highest BCUT2D eigenvalue weighted by molar-refractivity contribution is 8.93. The van der Waals surface area contributed by atoms with Crippen molar-refractivity contribution in [1.82, 2.24) is 4.98 Å². The normalized spacial score (nSPS) is 10.5. The Kier molecular flexibility index (Phi) is 5.91. The highest BCUT2D eigenvalue weighted by Gasteiger charge is 2.11. The Labute approximate surface area is 166 Å². The summed E-state index contributed by atoms with van der Waals surface area (Å²) in [5.41, 5.74) is 4.49. The Bertz CT molecular complexity index is 980. The number of Topliss-reactive ketones (excluding diaryl/α,β-unsaturated/α-hetero) is 1. The number of rotatable bonds is 5. The molecule has 0 bridgehead atoms. The van der Waals surface area contributed by atoms with Gasteiger partial charge in [-0.3, -0.25) is 4.79 Å². The summed E-state index contributed by atoms with van der Waals surface area (Å²) in [4.78, 5) is 16.8. The van der Waals surface area contributed by atoms with Crippen molar-refractivity contribution < 1.29 is 9.21 Å². The number of carbonyl (C=O) groups excluding carboxylic acids is 1. The zero-order valence-corrected chi connectivity index (χ0v) is 16.3. The number of oxazole rings is 1. The number of benzene rings is 3. The molecule has 0 radical (unpaired) electrons. The van der Waals surface area contributed by atoms with Crippen LogP contribution in [0.3, 0.4) is 0 Å². The average molecular weight is 426 g/mol. The minimum Gasteiger partial charge on any atom is -0.431 e. The zero-order valence-electron chi connectivity index (χ0n) is 13.8. The number of fused-ring (bicyclic) bond motifs is 1. The van der Waals surface area contributed by atoms with Crippen LogP contribution in [0.4, 0.5) is 0 Å². The second-order valence-electron chi connectivity index (χ2n) is 5.60. The predicted octanol–water partition coefficient (Wildman–Crippen LogP) is 6.05. The molecule has 0 N–H and O–H groups in total. The largest absolute Gasteiger partial charge is 0.431 e. The fraction of sp³-hybridized carbons (Fsp3) is 0.0476. The van der Waals surface area contributed by atoms with Gasteiger partial charge in [0.2, 0.25) is 0 Å². The van der Waals surface area contributed by atoms with Gasteiger partial charge >= 0.3 is 0 Å². The molecule has 5 heteroatoms. The van der Waals surface area contributed by atoms with E-state index < -0.39 is 0 Å². The first-order valence-corrected chi connectivity index (χ1v) is 8.95. The first-order chi connectivity index (χ1) is 12.3. The molecule has 0 aliphatic rings. The van der Waals surface area contributed by atoms with Crippen molar-refractivity contribution in [3.63, 3.8) is 0 Å². The van der Waals surface area contributed by atoms with E-state index in [-0.39, 0.29) is 22.8 Å². The van der Waals surface area contributed by atoms with Gasteiger partial charge in [0.25, 0.3) is 5.22 Å². The van der Waals surface area contributed by atoms with Crippen LogP contribution >= 0.6 is 28.7 Å². The van der Waals surface area contributed by atoms with Crippen LogP contribution in [0, 0.1) is 0 Å². The number of carbonyl (C=O) groups is 1. The summed E-state index contributed by atoms with van der Waals surface area (Å²) >= 11 is 1.32. The molecule has 1 heterocycles. The third-order valence-corrected chi connectivity index (χ3v) is 4.74. The topological polar surface area (TPSA) is 43.1 Å². The molecule has 130 valence electrons. The maximum atomic E-state index is 12.4. The molecule has 0 aliphatic heterocycles. The number of aromatic nitrogens is 1. The number of ketones is 1. The lowest BCUT2D eigenvalue weighted by Gasteiger charge is -2.03. The summed E-state index contributed by atoms with van der Waals surface area (Å²) in [5, 5.41) is 0.524. The number of thioether (sulfide) groups is 1. The van der Waals surface area contributed by atoms with E-state index in [1.54, 1.807) is 0 Å². The van der Waals surface area contributed by atoms with Crippen molar-refractivity contribution in [2.24, 2.45) is 0 Å². The van der Waals surface area contributed by atoms with Crippen LogP contribution in [0.5, 0.6) is 0 Å². The predicted molar refractivity (Wildman–Crippen MR) is 111 cm³/mol. The van der Waals surface area contributed by atoms with Crippen LogP contribution in [-0.2, 0) is 0 Å². The Hall–Kier alpha value is -2.37. The molecule has 0 aliphatic carbocycles. The van der Waals surface area contributed by atoms with E-state index in [2.05, 4.69) is 17.1 Å². The summed E-state index contributed by atoms with van der Waals surface area (Å²) in [7, 11) is 0. The molecule has 4 rings (SSSR count). The average Bonchev–Trinajstić information content (AvgIpc) is 3.10. The van der Waals surface area contributed by atoms with Gasteiger partial charge in [0, 0.05) is 5.56 Å². The number of hydrogen-bond donors (Lipinski definition) is 0. The van der Waals surface area contributed by atoms with Crippen molar-refractivity contribution in [1.29, 1.82) is 0 Å². The molecule has 0 spiro atoms. The third kappa shape index (κ3) is 4.06. The minimum atomic E-state index is 0. The van der Waals surface area contributed by atoms with Crippen molar-refractivity contribution in [2.45, 2.75) is 5.22 Å². The molecule has 4 aromatic rings. The van der Waals surface area contributed by atoms with Crippen molar-refractivity contribution in [3.8, 4) is 11.1 Å². The highest BCUT2D eigenvalue weighted by Crippen LogP contribution is 2.24. The second kappa shape index (κ2) is 8.34. The summed E-state index contributed by atoms with van der Waals surface area (Å²) in [6.45, 7) is 0. The van der Waals surface area contributed by atoms with Crippen molar-refractivity contribution in [2.75, 3.05) is 5.75 Å². The van der Waals surface area contributed by atoms with Gasteiger partial charge in [-0.2, -0.15) is 0 Å². The van der Waals surface area contributed by atoms with Gasteiger partial charge in [-0.15, -0.1) is 17.0 Å². The molecule has 0 fully saturated rings. The lowest BCUT2D eigenvalue weighted by atomic mass is 10.0. The summed E-state index contributed by atoms with van der Waals surface area (Å²) in [5.74, 6) is 0.365. The number of hydrogen-bond acceptors (Lipinski definition) is 4. The highest BCUT2D eigenvalue weighted by atomic mass is 79.9. The fourth-order valence-corrected chi connectivity index (χ4v) is 3.34. The maximum Gasteiger partial charge on any atom is 0.257 e. The number of nitrogens with zero attached hydrogens (tertiary/aromatic N) is 1. The van der Waals surface area contributed by atoms with E-state index in [0.717, 1.165) is 22.2 Å². The van der Waals surface area contributed by atoms with Crippen molar-refractivity contribution in [3.05, 3.63) is 84.4 Å². The lowest BCUT2D eigenvalue weighted by molar-refractivity contribution is 0.102. The second-order valence-corrected chi connectivity index (χ2v) is 6.53. The molecule has 3 aromatic carbocycles. The maximum absolute atomic E-state index is 12.4. The quantitative estimate of drug-likeness (QED) is 0.288. The van der Waals surface area contributed by atoms with E-state index in [1.807, 2.05) is 66.7 Å². The molecule has 0 saturated carbocycles. The minimum absolute atomic E-state index is 0.